The molecule has 140 valence electrons. The van der Waals surface area contributed by atoms with Crippen molar-refractivity contribution >= 4 is 15.7 Å². The lowest BCUT2D eigenvalue weighted by Crippen LogP contribution is -2.55. The van der Waals surface area contributed by atoms with Gasteiger partial charge in [-0.25, -0.2) is 8.42 Å². The van der Waals surface area contributed by atoms with Crippen LogP contribution in [-0.2, 0) is 14.6 Å². The van der Waals surface area contributed by atoms with E-state index >= 15 is 0 Å². The number of benzene rings is 1. The molecule has 7 heteroatoms. The molecular weight excluding hydrogens is 340 g/mol. The average Bonchev–Trinajstić information content (AvgIpc) is 2.58. The summed E-state index contributed by atoms with van der Waals surface area (Å²) in [5, 5.41) is 0. The molecule has 1 amide bonds. The van der Waals surface area contributed by atoms with Crippen LogP contribution in [0.15, 0.2) is 29.2 Å². The number of amides is 1. The molecule has 0 aromatic heterocycles. The number of hydrogen-bond donors (Lipinski definition) is 1. The van der Waals surface area contributed by atoms with Crippen LogP contribution < -0.4 is 10.5 Å². The molecule has 1 aliphatic rings. The van der Waals surface area contributed by atoms with Gasteiger partial charge in [0.2, 0.25) is 5.91 Å². The summed E-state index contributed by atoms with van der Waals surface area (Å²) in [4.78, 5) is 14.5. The van der Waals surface area contributed by atoms with Gasteiger partial charge in [0, 0.05) is 19.8 Å². The third kappa shape index (κ3) is 5.44. The van der Waals surface area contributed by atoms with Gasteiger partial charge in [0.1, 0.15) is 5.75 Å². The highest BCUT2D eigenvalue weighted by Gasteiger charge is 2.36. The number of sulfone groups is 1. The molecule has 0 radical (unpaired) electrons. The fraction of sp³-hybridized carbons (Fsp3) is 0.611. The lowest BCUT2D eigenvalue weighted by Gasteiger charge is -2.35. The Bertz CT molecular complexity index is 680. The Morgan fingerprint density at radius 1 is 1.20 bits per heavy atom. The van der Waals surface area contributed by atoms with E-state index in [0.717, 1.165) is 32.1 Å². The number of hydrogen-bond acceptors (Lipinski definition) is 5. The predicted molar refractivity (Wildman–Crippen MR) is 97.3 cm³/mol. The van der Waals surface area contributed by atoms with Crippen LogP contribution in [0, 0.1) is 0 Å². The largest absolute Gasteiger partial charge is 0.494 e. The van der Waals surface area contributed by atoms with Crippen LogP contribution >= 0.6 is 0 Å². The summed E-state index contributed by atoms with van der Waals surface area (Å²) in [7, 11) is -1.41. The molecule has 0 spiro atoms. The minimum Gasteiger partial charge on any atom is -0.494 e. The SMILES string of the molecule is CN(CCCOc1ccc(S(C)(=O)=O)cc1)C(=O)C1(N)CCCCC1. The van der Waals surface area contributed by atoms with Gasteiger partial charge in [-0.05, 0) is 43.5 Å². The zero-order valence-corrected chi connectivity index (χ0v) is 15.8. The number of carbonyl (C=O) groups excluding carboxylic acids is 1. The summed E-state index contributed by atoms with van der Waals surface area (Å²) < 4.78 is 28.4. The predicted octanol–water partition coefficient (Wildman–Crippen LogP) is 1.98. The second-order valence-electron chi connectivity index (χ2n) is 6.89. The highest BCUT2D eigenvalue weighted by atomic mass is 32.2. The fourth-order valence-corrected chi connectivity index (χ4v) is 3.78. The maximum atomic E-state index is 12.5. The topological polar surface area (TPSA) is 89.7 Å². The van der Waals surface area contributed by atoms with Crippen LogP contribution in [0.3, 0.4) is 0 Å². The number of ether oxygens (including phenoxy) is 1. The van der Waals surface area contributed by atoms with Gasteiger partial charge in [-0.3, -0.25) is 4.79 Å². The highest BCUT2D eigenvalue weighted by molar-refractivity contribution is 7.90. The van der Waals surface area contributed by atoms with E-state index in [9.17, 15) is 13.2 Å². The molecule has 0 bridgehead atoms. The summed E-state index contributed by atoms with van der Waals surface area (Å²) in [5.74, 6) is 0.633. The van der Waals surface area contributed by atoms with Crippen LogP contribution in [0.2, 0.25) is 0 Å². The van der Waals surface area contributed by atoms with Crippen molar-refractivity contribution in [3.63, 3.8) is 0 Å². The molecule has 1 aromatic rings. The Morgan fingerprint density at radius 2 is 1.80 bits per heavy atom. The number of rotatable bonds is 7. The van der Waals surface area contributed by atoms with Gasteiger partial charge in [0.15, 0.2) is 9.84 Å². The molecule has 25 heavy (non-hydrogen) atoms. The molecule has 6 nitrogen and oxygen atoms in total. The van der Waals surface area contributed by atoms with Crippen molar-refractivity contribution in [2.24, 2.45) is 5.73 Å². The minimum atomic E-state index is -3.19. The maximum absolute atomic E-state index is 12.5. The van der Waals surface area contributed by atoms with Crippen LogP contribution in [-0.4, -0.2) is 51.2 Å². The van der Waals surface area contributed by atoms with Gasteiger partial charge in [-0.15, -0.1) is 0 Å². The maximum Gasteiger partial charge on any atom is 0.242 e. The van der Waals surface area contributed by atoms with Gasteiger partial charge in [-0.2, -0.15) is 0 Å². The summed E-state index contributed by atoms with van der Waals surface area (Å²) in [5.41, 5.74) is 5.58. The van der Waals surface area contributed by atoms with Crippen molar-refractivity contribution in [1.29, 1.82) is 0 Å². The Hall–Kier alpha value is -1.60. The Morgan fingerprint density at radius 3 is 2.36 bits per heavy atom. The number of likely N-dealkylation sites (N-methyl/N-ethyl adjacent to an activating group) is 1. The first-order valence-corrected chi connectivity index (χ1v) is 10.6. The monoisotopic (exact) mass is 368 g/mol. The molecule has 1 saturated carbocycles. The molecule has 0 saturated heterocycles. The number of nitrogens with zero attached hydrogens (tertiary/aromatic N) is 1. The third-order valence-electron chi connectivity index (χ3n) is 4.68. The standard InChI is InChI=1S/C18H28N2O4S/c1-20(17(21)18(19)11-4-3-5-12-18)13-6-14-24-15-7-9-16(10-8-15)25(2,22)23/h7-10H,3-6,11-14,19H2,1-2H3. The summed E-state index contributed by atoms with van der Waals surface area (Å²) in [6.07, 6.45) is 6.57. The lowest BCUT2D eigenvalue weighted by atomic mass is 9.81. The Kier molecular flexibility index (Phi) is 6.46. The van der Waals surface area contributed by atoms with Crippen molar-refractivity contribution in [3.05, 3.63) is 24.3 Å². The van der Waals surface area contributed by atoms with E-state index in [2.05, 4.69) is 0 Å². The Balaban J connectivity index is 1.76. The van der Waals surface area contributed by atoms with Gasteiger partial charge in [0.05, 0.1) is 17.0 Å². The first-order valence-electron chi connectivity index (χ1n) is 8.70. The molecule has 1 aromatic carbocycles. The van der Waals surface area contributed by atoms with Crippen molar-refractivity contribution < 1.29 is 17.9 Å². The molecule has 0 heterocycles. The van der Waals surface area contributed by atoms with E-state index in [1.807, 2.05) is 0 Å². The third-order valence-corrected chi connectivity index (χ3v) is 5.81. The van der Waals surface area contributed by atoms with Crippen molar-refractivity contribution in [2.75, 3.05) is 26.5 Å². The van der Waals surface area contributed by atoms with E-state index < -0.39 is 15.4 Å². The fourth-order valence-electron chi connectivity index (χ4n) is 3.15. The van der Waals surface area contributed by atoms with E-state index in [1.165, 1.54) is 18.4 Å². The van der Waals surface area contributed by atoms with E-state index in [1.54, 1.807) is 24.1 Å². The normalized spacial score (nSPS) is 17.1. The number of carbonyl (C=O) groups is 1. The van der Waals surface area contributed by atoms with Gasteiger partial charge in [-0.1, -0.05) is 19.3 Å². The average molecular weight is 368 g/mol. The van der Waals surface area contributed by atoms with E-state index in [-0.39, 0.29) is 10.8 Å². The Labute approximate surface area is 150 Å². The van der Waals surface area contributed by atoms with Gasteiger partial charge in [0.25, 0.3) is 0 Å². The summed E-state index contributed by atoms with van der Waals surface area (Å²) in [6, 6.07) is 6.34. The van der Waals surface area contributed by atoms with E-state index in [0.29, 0.717) is 25.3 Å². The molecule has 2 N–H and O–H groups in total. The van der Waals surface area contributed by atoms with Crippen molar-refractivity contribution in [2.45, 2.75) is 49.0 Å². The number of nitrogens with two attached hydrogens (primary N) is 1. The molecule has 1 fully saturated rings. The lowest BCUT2D eigenvalue weighted by molar-refractivity contribution is -0.137. The van der Waals surface area contributed by atoms with Gasteiger partial charge < -0.3 is 15.4 Å². The zero-order chi connectivity index (χ0) is 18.5. The van der Waals surface area contributed by atoms with Crippen LogP contribution in [0.25, 0.3) is 0 Å². The second-order valence-corrected chi connectivity index (χ2v) is 8.90. The van der Waals surface area contributed by atoms with Crippen molar-refractivity contribution in [3.8, 4) is 5.75 Å². The van der Waals surface area contributed by atoms with E-state index in [4.69, 9.17) is 10.5 Å². The zero-order valence-electron chi connectivity index (χ0n) is 15.0. The molecule has 2 rings (SSSR count). The smallest absolute Gasteiger partial charge is 0.242 e. The second kappa shape index (κ2) is 8.19. The highest BCUT2D eigenvalue weighted by Crippen LogP contribution is 2.27. The molecule has 1 aliphatic carbocycles. The minimum absolute atomic E-state index is 0.0182. The quantitative estimate of drug-likeness (QED) is 0.743. The van der Waals surface area contributed by atoms with Crippen LogP contribution in [0.5, 0.6) is 5.75 Å². The van der Waals surface area contributed by atoms with Gasteiger partial charge >= 0.3 is 0 Å². The first-order chi connectivity index (χ1) is 11.7. The van der Waals surface area contributed by atoms with Crippen LogP contribution in [0.4, 0.5) is 0 Å². The molecule has 0 aliphatic heterocycles. The molecule has 0 atom stereocenters. The molecule has 0 unspecified atom stereocenters. The van der Waals surface area contributed by atoms with Crippen LogP contribution in [0.1, 0.15) is 38.5 Å². The summed E-state index contributed by atoms with van der Waals surface area (Å²) >= 11 is 0. The summed E-state index contributed by atoms with van der Waals surface area (Å²) in [6.45, 7) is 1.03. The van der Waals surface area contributed by atoms with Crippen molar-refractivity contribution in [1.82, 2.24) is 4.90 Å². The first kappa shape index (κ1) is 19.7. The molecular formula is C18H28N2O4S.